The summed E-state index contributed by atoms with van der Waals surface area (Å²) >= 11 is 0. The lowest BCUT2D eigenvalue weighted by atomic mass is 10.1. The highest BCUT2D eigenvalue weighted by molar-refractivity contribution is 5.78. The maximum atomic E-state index is 11.9. The lowest BCUT2D eigenvalue weighted by Gasteiger charge is -2.23. The van der Waals surface area contributed by atoms with Crippen molar-refractivity contribution in [1.29, 1.82) is 0 Å². The van der Waals surface area contributed by atoms with E-state index in [1.807, 2.05) is 20.8 Å². The molecule has 0 aliphatic heterocycles. The molecule has 0 fully saturated rings. The van der Waals surface area contributed by atoms with E-state index in [9.17, 15) is 18.0 Å². The lowest BCUT2D eigenvalue weighted by molar-refractivity contribution is -0.157. The quantitative estimate of drug-likeness (QED) is 0.788. The SMILES string of the molecule is CN(CC(F)(F)F)C(=O)CNC(C)(C)C. The number of hydrogen-bond donors (Lipinski definition) is 1. The van der Waals surface area contributed by atoms with E-state index in [-0.39, 0.29) is 12.1 Å². The summed E-state index contributed by atoms with van der Waals surface area (Å²) in [5.74, 6) is -0.567. The zero-order valence-electron chi connectivity index (χ0n) is 9.40. The van der Waals surface area contributed by atoms with Crippen molar-refractivity contribution in [3.05, 3.63) is 0 Å². The van der Waals surface area contributed by atoms with Crippen molar-refractivity contribution in [1.82, 2.24) is 10.2 Å². The zero-order valence-corrected chi connectivity index (χ0v) is 9.40. The minimum absolute atomic E-state index is 0.0872. The van der Waals surface area contributed by atoms with Crippen molar-refractivity contribution in [2.24, 2.45) is 0 Å². The van der Waals surface area contributed by atoms with Crippen molar-refractivity contribution in [2.45, 2.75) is 32.5 Å². The molecule has 15 heavy (non-hydrogen) atoms. The summed E-state index contributed by atoms with van der Waals surface area (Å²) in [7, 11) is 1.14. The summed E-state index contributed by atoms with van der Waals surface area (Å²) in [6.07, 6.45) is -4.34. The van der Waals surface area contributed by atoms with Gasteiger partial charge in [-0.3, -0.25) is 4.79 Å². The molecule has 0 aromatic carbocycles. The Balaban J connectivity index is 4.01. The molecule has 0 aliphatic carbocycles. The van der Waals surface area contributed by atoms with Gasteiger partial charge in [-0.05, 0) is 20.8 Å². The average Bonchev–Trinajstić information content (AvgIpc) is 1.95. The number of nitrogens with one attached hydrogen (secondary N) is 1. The second-order valence-electron chi connectivity index (χ2n) is 4.47. The van der Waals surface area contributed by atoms with E-state index >= 15 is 0 Å². The van der Waals surface area contributed by atoms with Crippen LogP contribution < -0.4 is 5.32 Å². The number of nitrogens with zero attached hydrogens (tertiary/aromatic N) is 1. The molecule has 0 radical (unpaired) electrons. The number of carbonyl (C=O) groups excluding carboxylic acids is 1. The molecule has 0 rings (SSSR count). The summed E-state index contributed by atoms with van der Waals surface area (Å²) < 4.78 is 35.8. The Bertz CT molecular complexity index is 220. The number of amides is 1. The second kappa shape index (κ2) is 4.83. The molecule has 0 unspecified atom stereocenters. The molecule has 3 nitrogen and oxygen atoms in total. The highest BCUT2D eigenvalue weighted by atomic mass is 19.4. The van der Waals surface area contributed by atoms with Crippen LogP contribution in [0.3, 0.4) is 0 Å². The van der Waals surface area contributed by atoms with Crippen LogP contribution in [0.25, 0.3) is 0 Å². The molecule has 0 aliphatic rings. The maximum absolute atomic E-state index is 11.9. The largest absolute Gasteiger partial charge is 0.406 e. The molecular weight excluding hydrogens is 209 g/mol. The smallest absolute Gasteiger partial charge is 0.336 e. The number of carbonyl (C=O) groups is 1. The van der Waals surface area contributed by atoms with Gasteiger partial charge < -0.3 is 10.2 Å². The maximum Gasteiger partial charge on any atom is 0.406 e. The van der Waals surface area contributed by atoms with Crippen molar-refractivity contribution >= 4 is 5.91 Å². The summed E-state index contributed by atoms with van der Waals surface area (Å²) in [5.41, 5.74) is -0.283. The fourth-order valence-corrected chi connectivity index (χ4v) is 0.833. The summed E-state index contributed by atoms with van der Waals surface area (Å²) in [6, 6.07) is 0. The van der Waals surface area contributed by atoms with Gasteiger partial charge in [0.05, 0.1) is 6.54 Å². The molecule has 6 heteroatoms. The number of alkyl halides is 3. The van der Waals surface area contributed by atoms with Crippen LogP contribution in [0.1, 0.15) is 20.8 Å². The minimum Gasteiger partial charge on any atom is -0.336 e. The molecule has 0 aromatic heterocycles. The Morgan fingerprint density at radius 1 is 1.27 bits per heavy atom. The lowest BCUT2D eigenvalue weighted by Crippen LogP contribution is -2.45. The molecule has 0 atom stereocenters. The third-order valence-electron chi connectivity index (χ3n) is 1.61. The van der Waals surface area contributed by atoms with Gasteiger partial charge in [-0.25, -0.2) is 0 Å². The van der Waals surface area contributed by atoms with Gasteiger partial charge in [0, 0.05) is 12.6 Å². The summed E-state index contributed by atoms with van der Waals surface area (Å²) in [6.45, 7) is 4.21. The van der Waals surface area contributed by atoms with Crippen molar-refractivity contribution in [3.63, 3.8) is 0 Å². The van der Waals surface area contributed by atoms with Gasteiger partial charge in [-0.1, -0.05) is 0 Å². The standard InChI is InChI=1S/C9H17F3N2O/c1-8(2,3)13-5-7(15)14(4)6-9(10,11)12/h13H,5-6H2,1-4H3. The fourth-order valence-electron chi connectivity index (χ4n) is 0.833. The van der Waals surface area contributed by atoms with Gasteiger partial charge in [0.2, 0.25) is 5.91 Å². The van der Waals surface area contributed by atoms with Crippen LogP contribution in [0, 0.1) is 0 Å². The third kappa shape index (κ3) is 8.23. The molecule has 0 spiro atoms. The van der Waals surface area contributed by atoms with Crippen LogP contribution in [-0.4, -0.2) is 42.7 Å². The number of halogens is 3. The van der Waals surface area contributed by atoms with Crippen LogP contribution in [0.15, 0.2) is 0 Å². The Hall–Kier alpha value is -0.780. The van der Waals surface area contributed by atoms with Crippen molar-refractivity contribution < 1.29 is 18.0 Å². The molecule has 0 saturated heterocycles. The van der Waals surface area contributed by atoms with Gasteiger partial charge in [-0.15, -0.1) is 0 Å². The van der Waals surface area contributed by atoms with Crippen LogP contribution in [0.5, 0.6) is 0 Å². The van der Waals surface area contributed by atoms with Gasteiger partial charge in [0.1, 0.15) is 6.54 Å². The molecule has 1 N–H and O–H groups in total. The van der Waals surface area contributed by atoms with Gasteiger partial charge in [0.15, 0.2) is 0 Å². The topological polar surface area (TPSA) is 32.3 Å². The predicted octanol–water partition coefficient (Wildman–Crippen LogP) is 1.40. The molecule has 0 saturated carbocycles. The Labute approximate surface area is 87.6 Å². The van der Waals surface area contributed by atoms with Gasteiger partial charge in [0.25, 0.3) is 0 Å². The van der Waals surface area contributed by atoms with Crippen LogP contribution in [0.4, 0.5) is 13.2 Å². The monoisotopic (exact) mass is 226 g/mol. The average molecular weight is 226 g/mol. The van der Waals surface area contributed by atoms with E-state index in [0.717, 1.165) is 7.05 Å². The fraction of sp³-hybridized carbons (Fsp3) is 0.889. The zero-order chi connectivity index (χ0) is 12.3. The molecule has 0 heterocycles. The van der Waals surface area contributed by atoms with E-state index in [1.54, 1.807) is 0 Å². The highest BCUT2D eigenvalue weighted by Gasteiger charge is 2.31. The number of likely N-dealkylation sites (N-methyl/N-ethyl adjacent to an activating group) is 1. The first-order valence-corrected chi connectivity index (χ1v) is 4.57. The highest BCUT2D eigenvalue weighted by Crippen LogP contribution is 2.15. The Kier molecular flexibility index (Phi) is 4.58. The van der Waals surface area contributed by atoms with Crippen molar-refractivity contribution in [3.8, 4) is 0 Å². The van der Waals surface area contributed by atoms with Gasteiger partial charge >= 0.3 is 6.18 Å². The van der Waals surface area contributed by atoms with Crippen LogP contribution in [-0.2, 0) is 4.79 Å². The summed E-state index contributed by atoms with van der Waals surface area (Å²) in [4.78, 5) is 11.9. The number of rotatable bonds is 3. The predicted molar refractivity (Wildman–Crippen MR) is 51.4 cm³/mol. The second-order valence-corrected chi connectivity index (χ2v) is 4.47. The first kappa shape index (κ1) is 14.2. The third-order valence-corrected chi connectivity index (χ3v) is 1.61. The van der Waals surface area contributed by atoms with E-state index in [0.29, 0.717) is 4.90 Å². The Morgan fingerprint density at radius 3 is 2.07 bits per heavy atom. The number of hydrogen-bond acceptors (Lipinski definition) is 2. The van der Waals surface area contributed by atoms with Crippen molar-refractivity contribution in [2.75, 3.05) is 20.1 Å². The van der Waals surface area contributed by atoms with Gasteiger partial charge in [-0.2, -0.15) is 13.2 Å². The van der Waals surface area contributed by atoms with E-state index in [2.05, 4.69) is 5.32 Å². The first-order chi connectivity index (χ1) is 6.51. The summed E-state index contributed by atoms with van der Waals surface area (Å²) in [5, 5.41) is 2.83. The molecule has 0 bridgehead atoms. The normalized spacial score (nSPS) is 12.7. The molecule has 0 aromatic rings. The molecular formula is C9H17F3N2O. The molecule has 1 amide bonds. The Morgan fingerprint density at radius 2 is 1.73 bits per heavy atom. The van der Waals surface area contributed by atoms with E-state index < -0.39 is 18.6 Å². The first-order valence-electron chi connectivity index (χ1n) is 4.57. The molecule has 90 valence electrons. The minimum atomic E-state index is -4.34. The van der Waals surface area contributed by atoms with Crippen LogP contribution in [0.2, 0.25) is 0 Å². The van der Waals surface area contributed by atoms with E-state index in [1.165, 1.54) is 0 Å². The van der Waals surface area contributed by atoms with E-state index in [4.69, 9.17) is 0 Å². The van der Waals surface area contributed by atoms with Crippen LogP contribution >= 0.6 is 0 Å².